The number of piperidine rings is 1. The molecule has 4 atom stereocenters. The minimum absolute atomic E-state index is 0.0686. The molecule has 9 heteroatoms. The molecule has 4 heterocycles. The fourth-order valence-electron chi connectivity index (χ4n) is 4.97. The number of carbonyl (C=O) groups is 2. The number of likely N-dealkylation sites (tertiary alicyclic amines) is 1. The van der Waals surface area contributed by atoms with E-state index in [0.717, 1.165) is 12.8 Å². The van der Waals surface area contributed by atoms with Crippen molar-refractivity contribution >= 4 is 17.7 Å². The van der Waals surface area contributed by atoms with Gasteiger partial charge >= 0.3 is 5.97 Å². The summed E-state index contributed by atoms with van der Waals surface area (Å²) in [4.78, 5) is 26.6. The molecule has 1 aromatic rings. The average molecular weight is 410 g/mol. The van der Waals surface area contributed by atoms with Crippen molar-refractivity contribution in [1.29, 1.82) is 0 Å². The second-order valence-electron chi connectivity index (χ2n) is 9.02. The lowest BCUT2D eigenvalue weighted by atomic mass is 9.84. The standard InChI is InChI=1S/C20H28F2N4O3/c1-11-7-16-23-14(9-15(18(21)22)26(16)24-11)12-5-4-6-25(10-12)19(28)13-8-17(27)29-20(13,2)3/h7,12-15,18,23H,4-6,8-10H2,1-3H3/t12-,13+,14-,15+/m0/s1. The van der Waals surface area contributed by atoms with Crippen molar-refractivity contribution < 1.29 is 23.1 Å². The molecule has 1 N–H and O–H groups in total. The summed E-state index contributed by atoms with van der Waals surface area (Å²) >= 11 is 0. The number of carbonyl (C=O) groups excluding carboxylic acids is 2. The zero-order valence-corrected chi connectivity index (χ0v) is 17.0. The second kappa shape index (κ2) is 7.25. The predicted octanol–water partition coefficient (Wildman–Crippen LogP) is 2.76. The van der Waals surface area contributed by atoms with Crippen LogP contribution in [0.4, 0.5) is 14.6 Å². The summed E-state index contributed by atoms with van der Waals surface area (Å²) in [5.41, 5.74) is -0.109. The molecule has 0 unspecified atom stereocenters. The zero-order chi connectivity index (χ0) is 20.9. The molecular weight excluding hydrogens is 382 g/mol. The highest BCUT2D eigenvalue weighted by Gasteiger charge is 2.48. The lowest BCUT2D eigenvalue weighted by Gasteiger charge is -2.42. The summed E-state index contributed by atoms with van der Waals surface area (Å²) in [6.07, 6.45) is -0.445. The Labute approximate surface area is 168 Å². The molecule has 0 saturated carbocycles. The molecule has 2 saturated heterocycles. The fourth-order valence-corrected chi connectivity index (χ4v) is 4.97. The highest BCUT2D eigenvalue weighted by Crippen LogP contribution is 2.38. The molecule has 1 aromatic heterocycles. The topological polar surface area (TPSA) is 76.5 Å². The first kappa shape index (κ1) is 20.1. The summed E-state index contributed by atoms with van der Waals surface area (Å²) in [5, 5.41) is 7.59. The van der Waals surface area contributed by atoms with Crippen LogP contribution in [0.5, 0.6) is 0 Å². The summed E-state index contributed by atoms with van der Waals surface area (Å²) in [7, 11) is 0. The molecule has 0 spiro atoms. The normalized spacial score (nSPS) is 31.4. The van der Waals surface area contributed by atoms with Crippen molar-refractivity contribution in [1.82, 2.24) is 14.7 Å². The van der Waals surface area contributed by atoms with Gasteiger partial charge in [-0.2, -0.15) is 5.10 Å². The second-order valence-corrected chi connectivity index (χ2v) is 9.02. The fraction of sp³-hybridized carbons (Fsp3) is 0.750. The predicted molar refractivity (Wildman–Crippen MR) is 102 cm³/mol. The molecule has 1 amide bonds. The van der Waals surface area contributed by atoms with E-state index in [4.69, 9.17) is 4.74 Å². The van der Waals surface area contributed by atoms with Gasteiger partial charge in [-0.1, -0.05) is 0 Å². The van der Waals surface area contributed by atoms with Crippen molar-refractivity contribution in [2.75, 3.05) is 18.4 Å². The zero-order valence-electron chi connectivity index (χ0n) is 17.0. The number of hydrogen-bond acceptors (Lipinski definition) is 5. The number of aryl methyl sites for hydroxylation is 1. The first-order valence-corrected chi connectivity index (χ1v) is 10.3. The number of anilines is 1. The Bertz CT molecular complexity index is 810. The molecule has 0 bridgehead atoms. The van der Waals surface area contributed by atoms with Gasteiger partial charge in [0, 0.05) is 25.2 Å². The Morgan fingerprint density at radius 2 is 2.17 bits per heavy atom. The molecule has 3 aliphatic heterocycles. The summed E-state index contributed by atoms with van der Waals surface area (Å²) in [6.45, 7) is 6.44. The van der Waals surface area contributed by atoms with E-state index < -0.39 is 24.0 Å². The van der Waals surface area contributed by atoms with Gasteiger partial charge in [0.25, 0.3) is 6.43 Å². The Morgan fingerprint density at radius 1 is 1.41 bits per heavy atom. The number of esters is 1. The van der Waals surface area contributed by atoms with Crippen LogP contribution >= 0.6 is 0 Å². The highest BCUT2D eigenvalue weighted by atomic mass is 19.3. The summed E-state index contributed by atoms with van der Waals surface area (Å²) < 4.78 is 34.1. The van der Waals surface area contributed by atoms with Gasteiger partial charge in [0.1, 0.15) is 17.5 Å². The van der Waals surface area contributed by atoms with E-state index in [1.54, 1.807) is 31.7 Å². The number of nitrogens with zero attached hydrogens (tertiary/aromatic N) is 3. The quantitative estimate of drug-likeness (QED) is 0.776. The number of halogens is 2. The van der Waals surface area contributed by atoms with Gasteiger partial charge in [-0.3, -0.25) is 9.59 Å². The monoisotopic (exact) mass is 410 g/mol. The lowest BCUT2D eigenvalue weighted by molar-refractivity contribution is -0.149. The van der Waals surface area contributed by atoms with Gasteiger partial charge in [-0.15, -0.1) is 0 Å². The number of rotatable bonds is 3. The largest absolute Gasteiger partial charge is 0.459 e. The first-order valence-electron chi connectivity index (χ1n) is 10.3. The highest BCUT2D eigenvalue weighted by molar-refractivity contribution is 5.87. The third-order valence-corrected chi connectivity index (χ3v) is 6.52. The number of cyclic esters (lactones) is 1. The Hall–Kier alpha value is -2.19. The number of aromatic nitrogens is 2. The third kappa shape index (κ3) is 3.71. The molecule has 3 aliphatic rings. The maximum atomic E-state index is 13.7. The maximum Gasteiger partial charge on any atom is 0.307 e. The number of fused-ring (bicyclic) bond motifs is 1. The van der Waals surface area contributed by atoms with Crippen LogP contribution in [-0.2, 0) is 14.3 Å². The third-order valence-electron chi connectivity index (χ3n) is 6.52. The molecule has 160 valence electrons. The Kier molecular flexibility index (Phi) is 5.02. The maximum absolute atomic E-state index is 13.7. The van der Waals surface area contributed by atoms with Gasteiger partial charge in [0.2, 0.25) is 5.91 Å². The molecule has 0 aromatic carbocycles. The van der Waals surface area contributed by atoms with Crippen LogP contribution in [0.25, 0.3) is 0 Å². The van der Waals surface area contributed by atoms with Crippen LogP contribution in [0.15, 0.2) is 6.07 Å². The number of amides is 1. The van der Waals surface area contributed by atoms with Gasteiger partial charge in [-0.05, 0) is 46.0 Å². The van der Waals surface area contributed by atoms with E-state index in [1.165, 1.54) is 4.68 Å². The molecule has 0 radical (unpaired) electrons. The van der Waals surface area contributed by atoms with Crippen molar-refractivity contribution in [3.05, 3.63) is 11.8 Å². The van der Waals surface area contributed by atoms with E-state index in [2.05, 4.69) is 10.4 Å². The summed E-state index contributed by atoms with van der Waals surface area (Å²) in [6, 6.07) is 0.676. The number of hydrogen-bond donors (Lipinski definition) is 1. The van der Waals surface area contributed by atoms with Crippen molar-refractivity contribution in [2.45, 2.75) is 70.6 Å². The van der Waals surface area contributed by atoms with E-state index >= 15 is 0 Å². The van der Waals surface area contributed by atoms with E-state index in [0.29, 0.717) is 24.6 Å². The van der Waals surface area contributed by atoms with Crippen molar-refractivity contribution in [2.24, 2.45) is 11.8 Å². The summed E-state index contributed by atoms with van der Waals surface area (Å²) in [5.74, 6) is -0.236. The molecule has 2 fully saturated rings. The van der Waals surface area contributed by atoms with E-state index in [1.807, 2.05) is 0 Å². The first-order chi connectivity index (χ1) is 13.7. The number of ether oxygens (including phenoxy) is 1. The van der Waals surface area contributed by atoms with Crippen LogP contribution in [0, 0.1) is 18.8 Å². The van der Waals surface area contributed by atoms with E-state index in [9.17, 15) is 18.4 Å². The molecular formula is C20H28F2N4O3. The van der Waals surface area contributed by atoms with Crippen LogP contribution < -0.4 is 5.32 Å². The smallest absolute Gasteiger partial charge is 0.307 e. The molecule has 7 nitrogen and oxygen atoms in total. The molecule has 4 rings (SSSR count). The van der Waals surface area contributed by atoms with Crippen LogP contribution in [0.3, 0.4) is 0 Å². The van der Waals surface area contributed by atoms with Gasteiger partial charge in [0.05, 0.1) is 18.0 Å². The Balaban J connectivity index is 1.49. The number of alkyl halides is 2. The average Bonchev–Trinajstić information content (AvgIpc) is 3.16. The minimum Gasteiger partial charge on any atom is -0.459 e. The molecule has 29 heavy (non-hydrogen) atoms. The van der Waals surface area contributed by atoms with Crippen molar-refractivity contribution in [3.63, 3.8) is 0 Å². The minimum atomic E-state index is -2.50. The van der Waals surface area contributed by atoms with Crippen LogP contribution in [0.1, 0.15) is 51.3 Å². The SMILES string of the molecule is Cc1cc2n(n1)[C@@H](C(F)F)C[C@@H]([C@H]1CCCN(C(=O)[C@H]3CC(=O)OC3(C)C)C1)N2. The number of nitrogens with one attached hydrogen (secondary N) is 1. The Morgan fingerprint density at radius 3 is 2.83 bits per heavy atom. The van der Waals surface area contributed by atoms with Crippen LogP contribution in [0.2, 0.25) is 0 Å². The van der Waals surface area contributed by atoms with E-state index in [-0.39, 0.29) is 36.7 Å². The lowest BCUT2D eigenvalue weighted by Crippen LogP contribution is -2.51. The van der Waals surface area contributed by atoms with Gasteiger partial charge < -0.3 is 15.0 Å². The molecule has 0 aliphatic carbocycles. The van der Waals surface area contributed by atoms with Gasteiger partial charge in [-0.25, -0.2) is 13.5 Å². The van der Waals surface area contributed by atoms with Gasteiger partial charge in [0.15, 0.2) is 0 Å². The van der Waals surface area contributed by atoms with Crippen molar-refractivity contribution in [3.8, 4) is 0 Å². The van der Waals surface area contributed by atoms with Crippen LogP contribution in [-0.4, -0.2) is 57.7 Å².